The van der Waals surface area contributed by atoms with E-state index in [1.165, 1.54) is 0 Å². The first-order valence-corrected chi connectivity index (χ1v) is 2.38. The van der Waals surface area contributed by atoms with Crippen molar-refractivity contribution in [2.75, 3.05) is 0 Å². The van der Waals surface area contributed by atoms with Crippen LogP contribution in [0.25, 0.3) is 0 Å². The molecule has 0 saturated heterocycles. The first kappa shape index (κ1) is 8.65. The minimum atomic E-state index is 0. The molecule has 0 N–H and O–H groups in total. The molecule has 0 amide bonds. The topological polar surface area (TPSA) is 23.8 Å². The molecule has 0 heterocycles. The summed E-state index contributed by atoms with van der Waals surface area (Å²) in [5, 5.41) is 8.29. The molecule has 0 unspecified atom stereocenters. The summed E-state index contributed by atoms with van der Waals surface area (Å²) in [5.74, 6) is 0. The Kier molecular flexibility index (Phi) is 4.34. The van der Waals surface area contributed by atoms with Crippen molar-refractivity contribution in [2.24, 2.45) is 0 Å². The van der Waals surface area contributed by atoms with E-state index < -0.39 is 0 Å². The molecule has 0 aliphatic rings. The Hall–Kier alpha value is -0.355. The van der Waals surface area contributed by atoms with Crippen LogP contribution in [0.2, 0.25) is 0 Å². The average molecular weight is 304 g/mol. The van der Waals surface area contributed by atoms with Crippen LogP contribution in [0.3, 0.4) is 0 Å². The minimum absolute atomic E-state index is 0. The van der Waals surface area contributed by atoms with Crippen LogP contribution >= 0.6 is 0 Å². The molecule has 0 aromatic heterocycles. The molecule has 1 nitrogen and oxygen atoms in total. The van der Waals surface area contributed by atoms with Gasteiger partial charge in [-0.05, 0) is 12.1 Å². The van der Waals surface area contributed by atoms with Crippen molar-refractivity contribution < 1.29 is 27.7 Å². The molecule has 0 spiro atoms. The van der Waals surface area contributed by atoms with E-state index in [1.807, 2.05) is 24.3 Å². The number of benzene rings is 1. The first-order valence-electron chi connectivity index (χ1n) is 2.38. The average Bonchev–Trinajstić information content (AvgIpc) is 1.90. The number of rotatable bonds is 0. The molecule has 0 fully saturated rings. The minimum Gasteiger partial charge on any atom is -0.192 e. The first-order chi connectivity index (χ1) is 3.93. The van der Waals surface area contributed by atoms with Crippen molar-refractivity contribution in [3.63, 3.8) is 0 Å². The Morgan fingerprint density at radius 3 is 2.00 bits per heavy atom. The van der Waals surface area contributed by atoms with Gasteiger partial charge in [-0.1, -0.05) is 18.2 Å². The molecule has 0 saturated carbocycles. The molecular formula is C7H5HgN. The Balaban J connectivity index is 0.000000640. The van der Waals surface area contributed by atoms with Gasteiger partial charge in [0.15, 0.2) is 0 Å². The van der Waals surface area contributed by atoms with E-state index in [4.69, 9.17) is 5.26 Å². The zero-order chi connectivity index (χ0) is 5.82. The summed E-state index contributed by atoms with van der Waals surface area (Å²) in [6.45, 7) is 0. The smallest absolute Gasteiger partial charge is 0.0991 e. The van der Waals surface area contributed by atoms with Gasteiger partial charge in [0, 0.05) is 27.7 Å². The molecule has 0 radical (unpaired) electrons. The van der Waals surface area contributed by atoms with E-state index >= 15 is 0 Å². The molecule has 0 atom stereocenters. The van der Waals surface area contributed by atoms with E-state index in [9.17, 15) is 0 Å². The van der Waals surface area contributed by atoms with Crippen LogP contribution < -0.4 is 0 Å². The van der Waals surface area contributed by atoms with E-state index in [-0.39, 0.29) is 27.7 Å². The summed E-state index contributed by atoms with van der Waals surface area (Å²) in [6.07, 6.45) is 0. The maximum atomic E-state index is 8.29. The second-order valence-electron chi connectivity index (χ2n) is 1.48. The van der Waals surface area contributed by atoms with E-state index in [1.54, 1.807) is 12.1 Å². The maximum absolute atomic E-state index is 8.29. The fourth-order valence-electron chi connectivity index (χ4n) is 0.513. The van der Waals surface area contributed by atoms with Crippen molar-refractivity contribution >= 4 is 0 Å². The van der Waals surface area contributed by atoms with Crippen molar-refractivity contribution in [1.82, 2.24) is 0 Å². The van der Waals surface area contributed by atoms with Crippen LogP contribution in [0.15, 0.2) is 30.3 Å². The number of nitrogens with zero attached hydrogens (tertiary/aromatic N) is 1. The van der Waals surface area contributed by atoms with E-state index in [0.29, 0.717) is 5.56 Å². The van der Waals surface area contributed by atoms with Crippen LogP contribution in [-0.4, -0.2) is 0 Å². The Morgan fingerprint density at radius 1 is 1.11 bits per heavy atom. The van der Waals surface area contributed by atoms with E-state index in [2.05, 4.69) is 0 Å². The van der Waals surface area contributed by atoms with Crippen molar-refractivity contribution in [3.8, 4) is 6.07 Å². The van der Waals surface area contributed by atoms with Crippen LogP contribution in [-0.2, 0) is 27.7 Å². The van der Waals surface area contributed by atoms with Gasteiger partial charge in [0.2, 0.25) is 0 Å². The van der Waals surface area contributed by atoms with Gasteiger partial charge in [0.05, 0.1) is 11.6 Å². The third kappa shape index (κ3) is 2.62. The standard InChI is InChI=1S/C7H5N.Hg/c8-6-7-4-2-1-3-5-7;/h1-5H;. The summed E-state index contributed by atoms with van der Waals surface area (Å²) in [5.41, 5.74) is 0.715. The summed E-state index contributed by atoms with van der Waals surface area (Å²) in [4.78, 5) is 0. The largest absolute Gasteiger partial charge is 0.192 e. The SMILES string of the molecule is N#Cc1ccccc1.[Hg]. The molecule has 1 rings (SSSR count). The van der Waals surface area contributed by atoms with Gasteiger partial charge in [-0.15, -0.1) is 0 Å². The molecule has 1 aromatic rings. The van der Waals surface area contributed by atoms with Gasteiger partial charge in [-0.2, -0.15) is 5.26 Å². The molecule has 2 heteroatoms. The second kappa shape index (κ2) is 4.52. The van der Waals surface area contributed by atoms with Crippen molar-refractivity contribution in [1.29, 1.82) is 5.26 Å². The van der Waals surface area contributed by atoms with Gasteiger partial charge in [0.25, 0.3) is 0 Å². The Labute approximate surface area is 74.8 Å². The normalized spacial score (nSPS) is 7.00. The molecule has 9 heavy (non-hydrogen) atoms. The third-order valence-corrected chi connectivity index (χ3v) is 0.903. The fourth-order valence-corrected chi connectivity index (χ4v) is 0.513. The zero-order valence-electron chi connectivity index (χ0n) is 5.04. The summed E-state index contributed by atoms with van der Waals surface area (Å²) < 4.78 is 0. The summed E-state index contributed by atoms with van der Waals surface area (Å²) in [7, 11) is 0. The molecule has 0 aliphatic heterocycles. The van der Waals surface area contributed by atoms with Crippen molar-refractivity contribution in [2.45, 2.75) is 0 Å². The van der Waals surface area contributed by atoms with Gasteiger partial charge in [-0.25, -0.2) is 0 Å². The summed E-state index contributed by atoms with van der Waals surface area (Å²) >= 11 is 0. The number of hydrogen-bond acceptors (Lipinski definition) is 1. The van der Waals surface area contributed by atoms with Crippen LogP contribution in [0.1, 0.15) is 5.56 Å². The fraction of sp³-hybridized carbons (Fsp3) is 0. The van der Waals surface area contributed by atoms with Crippen LogP contribution in [0.4, 0.5) is 0 Å². The van der Waals surface area contributed by atoms with Crippen LogP contribution in [0.5, 0.6) is 0 Å². The van der Waals surface area contributed by atoms with Gasteiger partial charge < -0.3 is 0 Å². The Bertz CT molecular complexity index is 200. The van der Waals surface area contributed by atoms with Crippen LogP contribution in [0, 0.1) is 11.3 Å². The van der Waals surface area contributed by atoms with Gasteiger partial charge in [0.1, 0.15) is 0 Å². The third-order valence-electron chi connectivity index (χ3n) is 0.903. The zero-order valence-corrected chi connectivity index (χ0v) is 10.5. The number of nitriles is 1. The predicted molar refractivity (Wildman–Crippen MR) is 31.2 cm³/mol. The molecule has 1 aromatic carbocycles. The Morgan fingerprint density at radius 2 is 1.67 bits per heavy atom. The van der Waals surface area contributed by atoms with E-state index in [0.717, 1.165) is 0 Å². The molecule has 40 valence electrons. The molecule has 0 bridgehead atoms. The maximum Gasteiger partial charge on any atom is 0.0991 e. The van der Waals surface area contributed by atoms with Crippen molar-refractivity contribution in [3.05, 3.63) is 35.9 Å². The summed E-state index contributed by atoms with van der Waals surface area (Å²) in [6, 6.07) is 11.2. The predicted octanol–water partition coefficient (Wildman–Crippen LogP) is 1.56. The molecular weight excluding hydrogens is 299 g/mol. The quantitative estimate of drug-likeness (QED) is 0.667. The number of hydrogen-bond donors (Lipinski definition) is 0. The van der Waals surface area contributed by atoms with Gasteiger partial charge in [-0.3, -0.25) is 0 Å². The second-order valence-corrected chi connectivity index (χ2v) is 1.48. The monoisotopic (exact) mass is 305 g/mol. The molecule has 0 aliphatic carbocycles. The van der Waals surface area contributed by atoms with Gasteiger partial charge >= 0.3 is 0 Å².